The highest BCUT2D eigenvalue weighted by atomic mass is 32.2. The Morgan fingerprint density at radius 2 is 1.94 bits per heavy atom. The van der Waals surface area contributed by atoms with E-state index in [0.29, 0.717) is 20.6 Å². The van der Waals surface area contributed by atoms with E-state index >= 15 is 0 Å². The molecule has 0 radical (unpaired) electrons. The molecule has 3 aromatic rings. The van der Waals surface area contributed by atoms with Crippen molar-refractivity contribution < 1.29 is 14.3 Å². The normalized spacial score (nSPS) is 19.3. The van der Waals surface area contributed by atoms with Crippen LogP contribution >= 0.6 is 23.1 Å². The number of esters is 1. The van der Waals surface area contributed by atoms with Gasteiger partial charge in [-0.1, -0.05) is 41.7 Å². The fraction of sp³-hybridized carbons (Fsp3) is 0.222. The fourth-order valence-corrected chi connectivity index (χ4v) is 5.82. The number of hydrogen-bond donors (Lipinski definition) is 0. The molecular weight excluding hydrogens is 480 g/mol. The van der Waals surface area contributed by atoms with Gasteiger partial charge in [-0.2, -0.15) is 0 Å². The summed E-state index contributed by atoms with van der Waals surface area (Å²) >= 11 is 2.94. The van der Waals surface area contributed by atoms with E-state index in [1.807, 2.05) is 73.9 Å². The van der Waals surface area contributed by atoms with Crippen molar-refractivity contribution in [1.29, 1.82) is 0 Å². The fourth-order valence-electron chi connectivity index (χ4n) is 4.37. The van der Waals surface area contributed by atoms with Crippen molar-refractivity contribution in [3.05, 3.63) is 96.2 Å². The number of nitrogens with zero attached hydrogens (tertiary/aromatic N) is 2. The lowest BCUT2D eigenvalue weighted by molar-refractivity contribution is -0.136. The number of allylic oxidation sites excluding steroid dienone is 1. The maximum absolute atomic E-state index is 13.7. The Labute approximate surface area is 210 Å². The zero-order chi connectivity index (χ0) is 24.7. The molecule has 35 heavy (non-hydrogen) atoms. The number of thioether (sulfide) groups is 1. The summed E-state index contributed by atoms with van der Waals surface area (Å²) < 4.78 is 13.3. The Kier molecular flexibility index (Phi) is 6.25. The third kappa shape index (κ3) is 4.17. The van der Waals surface area contributed by atoms with Gasteiger partial charge >= 0.3 is 5.97 Å². The number of methoxy groups -OCH3 is 1. The zero-order valence-corrected chi connectivity index (χ0v) is 21.4. The van der Waals surface area contributed by atoms with Gasteiger partial charge in [-0.15, -0.1) is 11.8 Å². The smallest absolute Gasteiger partial charge is 0.338 e. The van der Waals surface area contributed by atoms with Crippen LogP contribution in [0.1, 0.15) is 31.0 Å². The maximum Gasteiger partial charge on any atom is 0.338 e. The van der Waals surface area contributed by atoms with Gasteiger partial charge in [0.15, 0.2) is 4.80 Å². The Balaban J connectivity index is 1.69. The first-order valence-corrected chi connectivity index (χ1v) is 13.2. The lowest BCUT2D eigenvalue weighted by atomic mass is 9.96. The van der Waals surface area contributed by atoms with E-state index in [4.69, 9.17) is 9.47 Å². The molecule has 0 spiro atoms. The van der Waals surface area contributed by atoms with Crippen LogP contribution in [0.25, 0.3) is 12.2 Å². The van der Waals surface area contributed by atoms with E-state index < -0.39 is 12.0 Å². The lowest BCUT2D eigenvalue weighted by Crippen LogP contribution is -2.40. The molecule has 0 aliphatic carbocycles. The molecule has 0 fully saturated rings. The zero-order valence-electron chi connectivity index (χ0n) is 19.8. The number of benzene rings is 2. The number of fused-ring (bicyclic) bond motifs is 2. The molecule has 2 aliphatic heterocycles. The minimum atomic E-state index is -0.619. The van der Waals surface area contributed by atoms with Gasteiger partial charge in [-0.05, 0) is 61.6 Å². The van der Waals surface area contributed by atoms with Crippen molar-refractivity contribution in [2.75, 3.05) is 13.4 Å². The first-order chi connectivity index (χ1) is 16.9. The molecule has 5 rings (SSSR count). The second kappa shape index (κ2) is 9.36. The molecule has 178 valence electrons. The van der Waals surface area contributed by atoms with Crippen LogP contribution in [-0.4, -0.2) is 30.0 Å². The highest BCUT2D eigenvalue weighted by Gasteiger charge is 2.33. The molecule has 0 bridgehead atoms. The van der Waals surface area contributed by atoms with Gasteiger partial charge in [0.2, 0.25) is 0 Å². The monoisotopic (exact) mass is 504 g/mol. The average Bonchev–Trinajstić information content (AvgIpc) is 3.17. The Hall–Kier alpha value is -3.36. The minimum absolute atomic E-state index is 0.200. The largest absolute Gasteiger partial charge is 0.485 e. The van der Waals surface area contributed by atoms with Crippen LogP contribution in [0.4, 0.5) is 0 Å². The van der Waals surface area contributed by atoms with Crippen molar-refractivity contribution in [1.82, 2.24) is 4.57 Å². The summed E-state index contributed by atoms with van der Waals surface area (Å²) in [6.07, 6.45) is 5.72. The van der Waals surface area contributed by atoms with Crippen LogP contribution in [0.15, 0.2) is 80.1 Å². The van der Waals surface area contributed by atoms with Crippen LogP contribution in [0.2, 0.25) is 0 Å². The van der Waals surface area contributed by atoms with E-state index in [9.17, 15) is 9.59 Å². The van der Waals surface area contributed by atoms with Crippen LogP contribution in [0.5, 0.6) is 5.75 Å². The highest BCUT2D eigenvalue weighted by Crippen LogP contribution is 2.32. The Morgan fingerprint density at radius 3 is 2.66 bits per heavy atom. The first kappa shape index (κ1) is 23.4. The summed E-state index contributed by atoms with van der Waals surface area (Å²) in [6, 6.07) is 15.1. The third-order valence-corrected chi connectivity index (χ3v) is 7.90. The number of carbonyl (C=O) groups excluding carboxylic acids is 1. The number of hydrogen-bond acceptors (Lipinski definition) is 7. The minimum Gasteiger partial charge on any atom is -0.485 e. The van der Waals surface area contributed by atoms with Crippen molar-refractivity contribution in [2.24, 2.45) is 4.99 Å². The van der Waals surface area contributed by atoms with Crippen LogP contribution in [-0.2, 0) is 9.53 Å². The molecule has 2 aliphatic rings. The Morgan fingerprint density at radius 1 is 1.20 bits per heavy atom. The number of thiazole rings is 1. The van der Waals surface area contributed by atoms with Crippen LogP contribution in [0, 0.1) is 0 Å². The number of carbonyl (C=O) groups is 1. The maximum atomic E-state index is 13.7. The summed E-state index contributed by atoms with van der Waals surface area (Å²) in [6.45, 7) is 3.74. The van der Waals surface area contributed by atoms with Crippen molar-refractivity contribution in [3.8, 4) is 5.75 Å². The van der Waals surface area contributed by atoms with Gasteiger partial charge in [-0.3, -0.25) is 9.36 Å². The molecule has 0 saturated carbocycles. The van der Waals surface area contributed by atoms with Crippen molar-refractivity contribution in [2.45, 2.75) is 30.9 Å². The van der Waals surface area contributed by atoms with E-state index in [2.05, 4.69) is 4.99 Å². The molecule has 6 nitrogen and oxygen atoms in total. The first-order valence-electron chi connectivity index (χ1n) is 11.1. The standard InChI is InChI=1S/C27H24N2O4S2/c1-15-23(26(31)32-3)24(17-9-11-20(34-4)12-10-17)29-25(30)22(35-27(29)28-15)14-19-13-18-7-5-6-8-21(18)33-16(19)2/h5-14,16,24H,1-4H3/b22-14-. The van der Waals surface area contributed by atoms with Crippen molar-refractivity contribution in [3.63, 3.8) is 0 Å². The summed E-state index contributed by atoms with van der Waals surface area (Å²) in [7, 11) is 1.34. The van der Waals surface area contributed by atoms with Gasteiger partial charge in [-0.25, -0.2) is 9.79 Å². The average molecular weight is 505 g/mol. The number of ether oxygens (including phenoxy) is 2. The number of rotatable bonds is 4. The molecule has 1 aromatic heterocycles. The summed E-state index contributed by atoms with van der Waals surface area (Å²) in [5.41, 5.74) is 3.41. The van der Waals surface area contributed by atoms with Crippen LogP contribution in [0.3, 0.4) is 0 Å². The van der Waals surface area contributed by atoms with E-state index in [0.717, 1.165) is 27.3 Å². The van der Waals surface area contributed by atoms with Gasteiger partial charge in [0.1, 0.15) is 11.9 Å². The van der Waals surface area contributed by atoms with Gasteiger partial charge in [0, 0.05) is 10.5 Å². The van der Waals surface area contributed by atoms with E-state index in [1.165, 1.54) is 18.4 Å². The predicted molar refractivity (Wildman–Crippen MR) is 139 cm³/mol. The second-order valence-electron chi connectivity index (χ2n) is 8.29. The van der Waals surface area contributed by atoms with Crippen LogP contribution < -0.4 is 19.6 Å². The third-order valence-electron chi connectivity index (χ3n) is 6.17. The molecule has 0 amide bonds. The summed E-state index contributed by atoms with van der Waals surface area (Å²) in [4.78, 5) is 32.8. The number of aromatic nitrogens is 1. The highest BCUT2D eigenvalue weighted by molar-refractivity contribution is 7.98. The molecule has 2 atom stereocenters. The second-order valence-corrected chi connectivity index (χ2v) is 10.2. The topological polar surface area (TPSA) is 69.9 Å². The predicted octanol–water partition coefficient (Wildman–Crippen LogP) is 3.95. The summed E-state index contributed by atoms with van der Waals surface area (Å²) in [5.74, 6) is 0.332. The van der Waals surface area contributed by atoms with E-state index in [1.54, 1.807) is 23.3 Å². The quantitative estimate of drug-likeness (QED) is 0.398. The molecule has 3 heterocycles. The summed E-state index contributed by atoms with van der Waals surface area (Å²) in [5, 5.41) is 0. The molecule has 2 unspecified atom stereocenters. The molecule has 0 N–H and O–H groups in total. The molecular formula is C27H24N2O4S2. The van der Waals surface area contributed by atoms with Gasteiger partial charge < -0.3 is 9.47 Å². The lowest BCUT2D eigenvalue weighted by Gasteiger charge is -2.24. The van der Waals surface area contributed by atoms with Gasteiger partial charge in [0.05, 0.1) is 29.0 Å². The Bertz CT molecular complexity index is 1560. The SMILES string of the molecule is COC(=O)C1=C(C)N=c2s/c(=C\C3=Cc4ccccc4OC3C)c(=O)n2C1c1ccc(SC)cc1. The molecule has 8 heteroatoms. The molecule has 2 aromatic carbocycles. The van der Waals surface area contributed by atoms with E-state index in [-0.39, 0.29) is 11.7 Å². The van der Waals surface area contributed by atoms with Crippen molar-refractivity contribution >= 4 is 41.2 Å². The molecule has 0 saturated heterocycles. The number of para-hydroxylation sites is 1. The van der Waals surface area contributed by atoms with Gasteiger partial charge in [0.25, 0.3) is 5.56 Å².